The molecular weight excluding hydrogens is 180 g/mol. The molecule has 1 aliphatic carbocycles. The summed E-state index contributed by atoms with van der Waals surface area (Å²) < 4.78 is 0. The van der Waals surface area contributed by atoms with E-state index in [4.69, 9.17) is 0 Å². The molecule has 0 fully saturated rings. The third-order valence-electron chi connectivity index (χ3n) is 3.51. The minimum atomic E-state index is 0.349. The molecule has 0 saturated heterocycles. The minimum absolute atomic E-state index is 0.349. The second kappa shape index (κ2) is 3.84. The van der Waals surface area contributed by atoms with E-state index in [0.29, 0.717) is 5.41 Å². The first kappa shape index (κ1) is 10.5. The Balaban J connectivity index is 2.36. The molecule has 1 atom stereocenters. The molecule has 0 heterocycles. The largest absolute Gasteiger partial charge is 0.0770 e. The highest BCUT2D eigenvalue weighted by molar-refractivity contribution is 5.72. The summed E-state index contributed by atoms with van der Waals surface area (Å²) in [6.07, 6.45) is 5.04. The lowest BCUT2D eigenvalue weighted by molar-refractivity contribution is 0.413. The summed E-state index contributed by atoms with van der Waals surface area (Å²) >= 11 is 0. The zero-order valence-corrected chi connectivity index (χ0v) is 9.96. The maximum Gasteiger partial charge on any atom is -0.00951 e. The molecule has 0 N–H and O–H groups in total. The normalized spacial score (nSPS) is 23.9. The van der Waals surface area contributed by atoms with Crippen molar-refractivity contribution in [1.82, 2.24) is 0 Å². The van der Waals surface area contributed by atoms with Gasteiger partial charge in [0.25, 0.3) is 0 Å². The Bertz CT molecular complexity index is 357. The average Bonchev–Trinajstić information content (AvgIpc) is 2.55. The van der Waals surface area contributed by atoms with E-state index < -0.39 is 0 Å². The van der Waals surface area contributed by atoms with Crippen molar-refractivity contribution in [1.29, 1.82) is 0 Å². The van der Waals surface area contributed by atoms with Crippen LogP contribution in [0, 0.1) is 11.3 Å². The van der Waals surface area contributed by atoms with Crippen LogP contribution in [0.4, 0.5) is 0 Å². The highest BCUT2D eigenvalue weighted by Crippen LogP contribution is 2.47. The Hall–Kier alpha value is -1.04. The van der Waals surface area contributed by atoms with Crippen LogP contribution in [0.2, 0.25) is 0 Å². The van der Waals surface area contributed by atoms with Gasteiger partial charge >= 0.3 is 0 Å². The molecule has 0 saturated carbocycles. The average molecular weight is 200 g/mol. The highest BCUT2D eigenvalue weighted by Gasteiger charge is 2.32. The molecule has 0 spiro atoms. The second-order valence-corrected chi connectivity index (χ2v) is 5.20. The SMILES string of the molecule is CCC1C=C(c2ccccc2)C(C)(C)C1. The fourth-order valence-electron chi connectivity index (χ4n) is 2.65. The first-order chi connectivity index (χ1) is 7.13. The molecule has 1 unspecified atom stereocenters. The van der Waals surface area contributed by atoms with E-state index >= 15 is 0 Å². The van der Waals surface area contributed by atoms with Crippen molar-refractivity contribution >= 4 is 5.57 Å². The van der Waals surface area contributed by atoms with Gasteiger partial charge in [-0.05, 0) is 35.3 Å². The summed E-state index contributed by atoms with van der Waals surface area (Å²) in [6.45, 7) is 7.01. The van der Waals surface area contributed by atoms with Crippen molar-refractivity contribution < 1.29 is 0 Å². The Kier molecular flexibility index (Phi) is 2.68. The zero-order valence-electron chi connectivity index (χ0n) is 9.96. The molecule has 0 aliphatic heterocycles. The van der Waals surface area contributed by atoms with Gasteiger partial charge in [0.2, 0.25) is 0 Å². The lowest BCUT2D eigenvalue weighted by Crippen LogP contribution is -2.10. The summed E-state index contributed by atoms with van der Waals surface area (Å²) in [7, 11) is 0. The maximum absolute atomic E-state index is 2.48. The molecular formula is C15H20. The van der Waals surface area contributed by atoms with Gasteiger partial charge in [-0.15, -0.1) is 0 Å². The second-order valence-electron chi connectivity index (χ2n) is 5.20. The van der Waals surface area contributed by atoms with E-state index in [9.17, 15) is 0 Å². The first-order valence-corrected chi connectivity index (χ1v) is 5.91. The Labute approximate surface area is 93.0 Å². The molecule has 2 rings (SSSR count). The van der Waals surface area contributed by atoms with Crippen LogP contribution in [0.25, 0.3) is 5.57 Å². The van der Waals surface area contributed by atoms with E-state index in [2.05, 4.69) is 57.2 Å². The van der Waals surface area contributed by atoms with Gasteiger partial charge in [0.1, 0.15) is 0 Å². The molecule has 1 aliphatic rings. The smallest absolute Gasteiger partial charge is 0.00951 e. The third kappa shape index (κ3) is 1.99. The monoisotopic (exact) mass is 200 g/mol. The summed E-state index contributed by atoms with van der Waals surface area (Å²) in [6, 6.07) is 10.8. The molecule has 1 aromatic rings. The Morgan fingerprint density at radius 2 is 1.87 bits per heavy atom. The van der Waals surface area contributed by atoms with Gasteiger partial charge in [-0.1, -0.05) is 57.2 Å². The van der Waals surface area contributed by atoms with Crippen molar-refractivity contribution in [3.63, 3.8) is 0 Å². The molecule has 1 aromatic carbocycles. The van der Waals surface area contributed by atoms with E-state index in [0.717, 1.165) is 5.92 Å². The van der Waals surface area contributed by atoms with Crippen LogP contribution in [0.1, 0.15) is 39.2 Å². The van der Waals surface area contributed by atoms with Gasteiger partial charge in [-0.3, -0.25) is 0 Å². The molecule has 0 heteroatoms. The van der Waals surface area contributed by atoms with Crippen LogP contribution in [0.15, 0.2) is 36.4 Å². The van der Waals surface area contributed by atoms with E-state index in [-0.39, 0.29) is 0 Å². The fourth-order valence-corrected chi connectivity index (χ4v) is 2.65. The zero-order chi connectivity index (χ0) is 10.9. The van der Waals surface area contributed by atoms with Gasteiger partial charge in [-0.25, -0.2) is 0 Å². The quantitative estimate of drug-likeness (QED) is 0.658. The van der Waals surface area contributed by atoms with E-state index in [1.54, 1.807) is 0 Å². The first-order valence-electron chi connectivity index (χ1n) is 5.91. The van der Waals surface area contributed by atoms with Crippen molar-refractivity contribution in [2.45, 2.75) is 33.6 Å². The number of hydrogen-bond acceptors (Lipinski definition) is 0. The lowest BCUT2D eigenvalue weighted by Gasteiger charge is -2.23. The van der Waals surface area contributed by atoms with Crippen LogP contribution >= 0.6 is 0 Å². The predicted octanol–water partition coefficient (Wildman–Crippen LogP) is 4.53. The summed E-state index contributed by atoms with van der Waals surface area (Å²) in [5, 5.41) is 0. The van der Waals surface area contributed by atoms with Crippen LogP contribution < -0.4 is 0 Å². The number of rotatable bonds is 2. The topological polar surface area (TPSA) is 0 Å². The number of hydrogen-bond donors (Lipinski definition) is 0. The number of allylic oxidation sites excluding steroid dienone is 2. The molecule has 0 nitrogen and oxygen atoms in total. The van der Waals surface area contributed by atoms with Gasteiger partial charge in [0, 0.05) is 0 Å². The summed E-state index contributed by atoms with van der Waals surface area (Å²) in [5.41, 5.74) is 3.29. The molecule has 0 bridgehead atoms. The molecule has 0 aromatic heterocycles. The Morgan fingerprint density at radius 1 is 1.20 bits per heavy atom. The van der Waals surface area contributed by atoms with E-state index in [1.807, 2.05) is 0 Å². The maximum atomic E-state index is 2.48. The molecule has 15 heavy (non-hydrogen) atoms. The standard InChI is InChI=1S/C15H20/c1-4-12-10-14(15(2,3)11-12)13-8-6-5-7-9-13/h5-10,12H,4,11H2,1-3H3. The van der Waals surface area contributed by atoms with Crippen LogP contribution in [0.3, 0.4) is 0 Å². The predicted molar refractivity (Wildman–Crippen MR) is 66.6 cm³/mol. The van der Waals surface area contributed by atoms with Crippen LogP contribution in [-0.2, 0) is 0 Å². The minimum Gasteiger partial charge on any atom is -0.0770 e. The molecule has 80 valence electrons. The highest BCUT2D eigenvalue weighted by atomic mass is 14.4. The van der Waals surface area contributed by atoms with Crippen molar-refractivity contribution in [3.8, 4) is 0 Å². The van der Waals surface area contributed by atoms with Crippen molar-refractivity contribution in [3.05, 3.63) is 42.0 Å². The van der Waals surface area contributed by atoms with E-state index in [1.165, 1.54) is 24.0 Å². The molecule has 0 amide bonds. The number of benzene rings is 1. The van der Waals surface area contributed by atoms with Gasteiger partial charge in [0.05, 0.1) is 0 Å². The van der Waals surface area contributed by atoms with Gasteiger partial charge < -0.3 is 0 Å². The van der Waals surface area contributed by atoms with Crippen LogP contribution in [-0.4, -0.2) is 0 Å². The van der Waals surface area contributed by atoms with Crippen molar-refractivity contribution in [2.24, 2.45) is 11.3 Å². The Morgan fingerprint density at radius 3 is 2.40 bits per heavy atom. The third-order valence-corrected chi connectivity index (χ3v) is 3.51. The van der Waals surface area contributed by atoms with Crippen molar-refractivity contribution in [2.75, 3.05) is 0 Å². The summed E-state index contributed by atoms with van der Waals surface area (Å²) in [4.78, 5) is 0. The molecule has 0 radical (unpaired) electrons. The van der Waals surface area contributed by atoms with Crippen LogP contribution in [0.5, 0.6) is 0 Å². The summed E-state index contributed by atoms with van der Waals surface area (Å²) in [5.74, 6) is 0.773. The van der Waals surface area contributed by atoms with Gasteiger partial charge in [0.15, 0.2) is 0 Å². The van der Waals surface area contributed by atoms with Gasteiger partial charge in [-0.2, -0.15) is 0 Å². The fraction of sp³-hybridized carbons (Fsp3) is 0.467. The lowest BCUT2D eigenvalue weighted by atomic mass is 9.81.